The molecule has 1 rings (SSSR count). The number of rotatable bonds is 2. The van der Waals surface area contributed by atoms with Gasteiger partial charge >= 0.3 is 0 Å². The fourth-order valence-corrected chi connectivity index (χ4v) is 1.07. The number of hydrogen-bond acceptors (Lipinski definition) is 2. The number of ketones is 1. The van der Waals surface area contributed by atoms with Crippen LogP contribution in [0.15, 0.2) is 12.3 Å². The summed E-state index contributed by atoms with van der Waals surface area (Å²) in [5, 5.41) is 0. The molecular weight excluding hydrogens is 169 g/mol. The molecule has 1 aromatic rings. The molecular formula is C10H12FNO. The minimum Gasteiger partial charge on any atom is -0.289 e. The van der Waals surface area contributed by atoms with Crippen LogP contribution in [0.1, 0.15) is 28.5 Å². The van der Waals surface area contributed by atoms with E-state index in [0.717, 1.165) is 11.1 Å². The zero-order valence-corrected chi connectivity index (χ0v) is 7.97. The molecule has 1 unspecified atom stereocenters. The molecule has 0 N–H and O–H groups in total. The van der Waals surface area contributed by atoms with Gasteiger partial charge in [0.25, 0.3) is 0 Å². The quantitative estimate of drug-likeness (QED) is 0.655. The van der Waals surface area contributed by atoms with Crippen LogP contribution in [-0.2, 0) is 0 Å². The average molecular weight is 181 g/mol. The molecule has 2 nitrogen and oxygen atoms in total. The van der Waals surface area contributed by atoms with Gasteiger partial charge in [-0.25, -0.2) is 4.39 Å². The van der Waals surface area contributed by atoms with Crippen LogP contribution in [0.25, 0.3) is 0 Å². The molecule has 0 radical (unpaired) electrons. The van der Waals surface area contributed by atoms with Crippen LogP contribution in [0.3, 0.4) is 0 Å². The lowest BCUT2D eigenvalue weighted by Crippen LogP contribution is -2.15. The van der Waals surface area contributed by atoms with E-state index in [2.05, 4.69) is 4.98 Å². The molecule has 0 saturated carbocycles. The van der Waals surface area contributed by atoms with Crippen LogP contribution in [0.2, 0.25) is 0 Å². The van der Waals surface area contributed by atoms with Gasteiger partial charge in [0.05, 0.1) is 0 Å². The summed E-state index contributed by atoms with van der Waals surface area (Å²) in [5.41, 5.74) is 1.96. The monoisotopic (exact) mass is 181 g/mol. The maximum atomic E-state index is 12.7. The average Bonchev–Trinajstić information content (AvgIpc) is 2.08. The zero-order valence-electron chi connectivity index (χ0n) is 7.97. The molecule has 1 aromatic heterocycles. The molecule has 0 spiro atoms. The van der Waals surface area contributed by atoms with Gasteiger partial charge in [-0.1, -0.05) is 0 Å². The van der Waals surface area contributed by atoms with Gasteiger partial charge < -0.3 is 0 Å². The lowest BCUT2D eigenvalue weighted by molar-refractivity contribution is 0.0887. The van der Waals surface area contributed by atoms with Gasteiger partial charge in [-0.3, -0.25) is 9.78 Å². The molecule has 1 heterocycles. The third kappa shape index (κ3) is 1.91. The molecule has 0 saturated heterocycles. The number of carbonyl (C=O) groups excluding carboxylic acids is 1. The maximum absolute atomic E-state index is 12.7. The largest absolute Gasteiger partial charge is 0.289 e. The van der Waals surface area contributed by atoms with Crippen LogP contribution in [-0.4, -0.2) is 16.9 Å². The summed E-state index contributed by atoms with van der Waals surface area (Å²) in [6.45, 7) is 4.88. The molecule has 0 fully saturated rings. The summed E-state index contributed by atoms with van der Waals surface area (Å²) < 4.78 is 12.7. The fourth-order valence-electron chi connectivity index (χ4n) is 1.07. The number of halogens is 1. The van der Waals surface area contributed by atoms with Crippen LogP contribution < -0.4 is 0 Å². The van der Waals surface area contributed by atoms with Gasteiger partial charge in [-0.05, 0) is 38.0 Å². The highest BCUT2D eigenvalue weighted by atomic mass is 19.1. The third-order valence-electron chi connectivity index (χ3n) is 2.07. The second-order valence-corrected chi connectivity index (χ2v) is 3.08. The Kier molecular flexibility index (Phi) is 2.76. The van der Waals surface area contributed by atoms with Gasteiger partial charge in [0.2, 0.25) is 5.78 Å². The highest BCUT2D eigenvalue weighted by Crippen LogP contribution is 2.12. The number of carbonyl (C=O) groups is 1. The number of nitrogens with zero attached hydrogens (tertiary/aromatic N) is 1. The Hall–Kier alpha value is -1.25. The maximum Gasteiger partial charge on any atom is 0.215 e. The number of Topliss-reactive ketones (excluding diaryl/α,β-unsaturated/α-hetero) is 1. The second-order valence-electron chi connectivity index (χ2n) is 3.08. The third-order valence-corrected chi connectivity index (χ3v) is 2.07. The van der Waals surface area contributed by atoms with E-state index in [-0.39, 0.29) is 5.69 Å². The van der Waals surface area contributed by atoms with Crippen molar-refractivity contribution in [1.29, 1.82) is 0 Å². The van der Waals surface area contributed by atoms with Crippen molar-refractivity contribution in [3.8, 4) is 0 Å². The van der Waals surface area contributed by atoms with Crippen molar-refractivity contribution < 1.29 is 9.18 Å². The van der Waals surface area contributed by atoms with E-state index in [1.54, 1.807) is 13.0 Å². The van der Waals surface area contributed by atoms with E-state index in [1.165, 1.54) is 13.1 Å². The van der Waals surface area contributed by atoms with Crippen molar-refractivity contribution in [2.24, 2.45) is 0 Å². The van der Waals surface area contributed by atoms with Crippen molar-refractivity contribution in [3.63, 3.8) is 0 Å². The van der Waals surface area contributed by atoms with Crippen LogP contribution >= 0.6 is 0 Å². The molecule has 3 heteroatoms. The van der Waals surface area contributed by atoms with Crippen molar-refractivity contribution in [2.75, 3.05) is 0 Å². The Balaban J connectivity index is 3.15. The highest BCUT2D eigenvalue weighted by Gasteiger charge is 2.17. The van der Waals surface area contributed by atoms with Crippen molar-refractivity contribution in [3.05, 3.63) is 29.1 Å². The topological polar surface area (TPSA) is 30.0 Å². The minimum atomic E-state index is -1.48. The Morgan fingerprint density at radius 1 is 1.54 bits per heavy atom. The molecule has 1 atom stereocenters. The minimum absolute atomic E-state index is 0.245. The smallest absolute Gasteiger partial charge is 0.215 e. The summed E-state index contributed by atoms with van der Waals surface area (Å²) in [6.07, 6.45) is 0.0470. The summed E-state index contributed by atoms with van der Waals surface area (Å²) in [5.74, 6) is -0.541. The Labute approximate surface area is 76.8 Å². The summed E-state index contributed by atoms with van der Waals surface area (Å²) in [6, 6.07) is 1.80. The van der Waals surface area contributed by atoms with Crippen molar-refractivity contribution in [2.45, 2.75) is 26.9 Å². The van der Waals surface area contributed by atoms with E-state index in [0.29, 0.717) is 0 Å². The van der Waals surface area contributed by atoms with Gasteiger partial charge in [0, 0.05) is 6.20 Å². The number of hydrogen-bond donors (Lipinski definition) is 0. The lowest BCUT2D eigenvalue weighted by atomic mass is 10.1. The first-order chi connectivity index (χ1) is 6.04. The molecule has 0 aliphatic carbocycles. The molecule has 0 bridgehead atoms. The molecule has 0 aliphatic rings. The normalized spacial score (nSPS) is 12.6. The second kappa shape index (κ2) is 3.64. The van der Waals surface area contributed by atoms with Gasteiger partial charge in [-0.15, -0.1) is 0 Å². The van der Waals surface area contributed by atoms with E-state index < -0.39 is 12.0 Å². The van der Waals surface area contributed by atoms with E-state index in [9.17, 15) is 9.18 Å². The SMILES string of the molecule is Cc1ccnc(C(=O)C(C)F)c1C. The first kappa shape index (κ1) is 9.84. The van der Waals surface area contributed by atoms with Crippen molar-refractivity contribution >= 4 is 5.78 Å². The van der Waals surface area contributed by atoms with Gasteiger partial charge in [-0.2, -0.15) is 0 Å². The summed E-state index contributed by atoms with van der Waals surface area (Å²) in [4.78, 5) is 15.2. The number of pyridine rings is 1. The Morgan fingerprint density at radius 3 is 2.69 bits per heavy atom. The molecule has 0 aliphatic heterocycles. The Bertz CT molecular complexity index is 334. The highest BCUT2D eigenvalue weighted by molar-refractivity contribution is 5.98. The van der Waals surface area contributed by atoms with E-state index in [1.807, 2.05) is 6.92 Å². The molecule has 0 amide bonds. The summed E-state index contributed by atoms with van der Waals surface area (Å²) in [7, 11) is 0. The molecule has 70 valence electrons. The first-order valence-corrected chi connectivity index (χ1v) is 4.14. The van der Waals surface area contributed by atoms with Crippen LogP contribution in [0.5, 0.6) is 0 Å². The van der Waals surface area contributed by atoms with E-state index in [4.69, 9.17) is 0 Å². The van der Waals surface area contributed by atoms with Gasteiger partial charge in [0.1, 0.15) is 5.69 Å². The number of alkyl halides is 1. The van der Waals surface area contributed by atoms with E-state index >= 15 is 0 Å². The molecule has 13 heavy (non-hydrogen) atoms. The predicted octanol–water partition coefficient (Wildman–Crippen LogP) is 2.24. The first-order valence-electron chi connectivity index (χ1n) is 4.14. The number of aryl methyl sites for hydroxylation is 1. The van der Waals surface area contributed by atoms with Crippen molar-refractivity contribution in [1.82, 2.24) is 4.98 Å². The van der Waals surface area contributed by atoms with Crippen LogP contribution in [0.4, 0.5) is 4.39 Å². The number of aromatic nitrogens is 1. The zero-order chi connectivity index (χ0) is 10.0. The lowest BCUT2D eigenvalue weighted by Gasteiger charge is -2.06. The fraction of sp³-hybridized carbons (Fsp3) is 0.400. The molecule has 0 aromatic carbocycles. The van der Waals surface area contributed by atoms with Gasteiger partial charge in [0.15, 0.2) is 6.17 Å². The predicted molar refractivity (Wildman–Crippen MR) is 48.6 cm³/mol. The van der Waals surface area contributed by atoms with Crippen LogP contribution in [0, 0.1) is 13.8 Å². The standard InChI is InChI=1S/C10H12FNO/c1-6-4-5-12-9(7(6)2)10(13)8(3)11/h4-5,8H,1-3H3. The summed E-state index contributed by atoms with van der Waals surface area (Å²) >= 11 is 0. The Morgan fingerprint density at radius 2 is 2.15 bits per heavy atom.